The van der Waals surface area contributed by atoms with Crippen molar-refractivity contribution in [3.63, 3.8) is 0 Å². The van der Waals surface area contributed by atoms with Crippen LogP contribution in [-0.4, -0.2) is 32.7 Å². The van der Waals surface area contributed by atoms with Gasteiger partial charge >= 0.3 is 0 Å². The van der Waals surface area contributed by atoms with E-state index in [1.807, 2.05) is 55.7 Å². The third-order valence-electron chi connectivity index (χ3n) is 5.23. The molecule has 2 heterocycles. The molecule has 1 amide bonds. The molecule has 4 aromatic rings. The lowest BCUT2D eigenvalue weighted by atomic mass is 10.0. The van der Waals surface area contributed by atoms with E-state index in [0.29, 0.717) is 11.8 Å². The highest BCUT2D eigenvalue weighted by atomic mass is 16.2. The maximum atomic E-state index is 12.6. The first-order chi connectivity index (χ1) is 15.0. The fraction of sp³-hybridized carbons (Fsp3) is 0.217. The molecule has 2 aromatic heterocycles. The number of hydrogen-bond donors (Lipinski definition) is 3. The van der Waals surface area contributed by atoms with Crippen molar-refractivity contribution in [2.45, 2.75) is 19.4 Å². The maximum Gasteiger partial charge on any atom is 0.247 e. The maximum absolute atomic E-state index is 12.6. The summed E-state index contributed by atoms with van der Waals surface area (Å²) in [5.74, 6) is 0.737. The summed E-state index contributed by atoms with van der Waals surface area (Å²) in [6.07, 6.45) is 2.65. The normalized spacial score (nSPS) is 12.0. The number of aromatic nitrogens is 4. The minimum absolute atomic E-state index is 0.309. The van der Waals surface area contributed by atoms with Crippen molar-refractivity contribution in [3.05, 3.63) is 65.9 Å². The lowest BCUT2D eigenvalue weighted by molar-refractivity contribution is -0.117. The van der Waals surface area contributed by atoms with Crippen molar-refractivity contribution in [2.24, 2.45) is 12.8 Å². The van der Waals surface area contributed by atoms with Gasteiger partial charge < -0.3 is 16.4 Å². The second-order valence-corrected chi connectivity index (χ2v) is 7.29. The molecule has 0 saturated carbocycles. The number of carbonyl (C=O) groups is 1. The molecule has 8 heteroatoms. The van der Waals surface area contributed by atoms with Gasteiger partial charge in [0, 0.05) is 37.3 Å². The smallest absolute Gasteiger partial charge is 0.247 e. The molecule has 0 bridgehead atoms. The van der Waals surface area contributed by atoms with Crippen LogP contribution in [0.4, 0.5) is 11.8 Å². The highest BCUT2D eigenvalue weighted by Gasteiger charge is 2.18. The van der Waals surface area contributed by atoms with Crippen molar-refractivity contribution >= 4 is 28.6 Å². The first-order valence-corrected chi connectivity index (χ1v) is 10.1. The Kier molecular flexibility index (Phi) is 5.64. The van der Waals surface area contributed by atoms with Gasteiger partial charge in [0.25, 0.3) is 0 Å². The molecule has 0 spiro atoms. The molecule has 0 saturated heterocycles. The summed E-state index contributed by atoms with van der Waals surface area (Å²) in [7, 11) is 3.65. The topological polar surface area (TPSA) is 111 Å². The number of hydrogen-bond acceptors (Lipinski definition) is 6. The van der Waals surface area contributed by atoms with Crippen LogP contribution in [-0.2, 0) is 18.3 Å². The van der Waals surface area contributed by atoms with E-state index in [1.54, 1.807) is 11.7 Å². The average Bonchev–Trinajstić information content (AvgIpc) is 3.17. The molecule has 1 atom stereocenters. The minimum atomic E-state index is -0.766. The highest BCUT2D eigenvalue weighted by Crippen LogP contribution is 2.29. The molecule has 4 rings (SSSR count). The Morgan fingerprint density at radius 1 is 1.19 bits per heavy atom. The predicted octanol–water partition coefficient (Wildman–Crippen LogP) is 3.27. The summed E-state index contributed by atoms with van der Waals surface area (Å²) < 4.78 is 1.74. The standard InChI is InChI=1S/C23H25N7O/c1-4-14-10-16(11-17-13-26-23(25-2)28-21(14)17)18-12-19(29-30(18)3)27-22(31)20(24)15-8-6-5-7-9-15/h5-13,20H,4,24H2,1-3H3,(H,25,26,28)(H,27,29,31). The summed E-state index contributed by atoms with van der Waals surface area (Å²) in [5, 5.41) is 11.2. The molecule has 158 valence electrons. The summed E-state index contributed by atoms with van der Waals surface area (Å²) in [6.45, 7) is 2.10. The summed E-state index contributed by atoms with van der Waals surface area (Å²) in [4.78, 5) is 21.5. The van der Waals surface area contributed by atoms with Gasteiger partial charge in [-0.1, -0.05) is 37.3 Å². The van der Waals surface area contributed by atoms with E-state index in [1.165, 1.54) is 0 Å². The molecule has 4 N–H and O–H groups in total. The Morgan fingerprint density at radius 3 is 2.68 bits per heavy atom. The van der Waals surface area contributed by atoms with Gasteiger partial charge in [-0.3, -0.25) is 9.48 Å². The van der Waals surface area contributed by atoms with Crippen LogP contribution < -0.4 is 16.4 Å². The van der Waals surface area contributed by atoms with Crippen LogP contribution in [0.25, 0.3) is 22.2 Å². The van der Waals surface area contributed by atoms with Crippen molar-refractivity contribution in [3.8, 4) is 11.3 Å². The van der Waals surface area contributed by atoms with Crippen molar-refractivity contribution in [1.29, 1.82) is 0 Å². The number of aryl methyl sites for hydroxylation is 2. The molecule has 0 aliphatic rings. The zero-order valence-corrected chi connectivity index (χ0v) is 17.8. The van der Waals surface area contributed by atoms with Crippen molar-refractivity contribution in [2.75, 3.05) is 17.7 Å². The first kappa shape index (κ1) is 20.5. The molecule has 0 radical (unpaired) electrons. The first-order valence-electron chi connectivity index (χ1n) is 10.1. The van der Waals surface area contributed by atoms with E-state index in [-0.39, 0.29) is 5.91 Å². The molecule has 0 aliphatic carbocycles. The Morgan fingerprint density at radius 2 is 1.97 bits per heavy atom. The second kappa shape index (κ2) is 8.53. The molecule has 2 aromatic carbocycles. The van der Waals surface area contributed by atoms with Gasteiger partial charge in [-0.2, -0.15) is 5.10 Å². The number of nitrogens with one attached hydrogen (secondary N) is 2. The van der Waals surface area contributed by atoms with Gasteiger partial charge in [0.1, 0.15) is 6.04 Å². The Hall–Kier alpha value is -3.78. The van der Waals surface area contributed by atoms with Crippen LogP contribution >= 0.6 is 0 Å². The lowest BCUT2D eigenvalue weighted by Crippen LogP contribution is -2.27. The monoisotopic (exact) mass is 415 g/mol. The zero-order chi connectivity index (χ0) is 22.0. The second-order valence-electron chi connectivity index (χ2n) is 7.29. The van der Waals surface area contributed by atoms with Crippen LogP contribution in [0.1, 0.15) is 24.1 Å². The number of nitrogens with two attached hydrogens (primary N) is 1. The molecule has 8 nitrogen and oxygen atoms in total. The lowest BCUT2D eigenvalue weighted by Gasteiger charge is -2.10. The van der Waals surface area contributed by atoms with E-state index in [2.05, 4.69) is 38.7 Å². The fourth-order valence-corrected chi connectivity index (χ4v) is 3.57. The van der Waals surface area contributed by atoms with E-state index >= 15 is 0 Å². The Balaban J connectivity index is 1.64. The number of carbonyl (C=O) groups excluding carboxylic acids is 1. The molecule has 31 heavy (non-hydrogen) atoms. The average molecular weight is 416 g/mol. The van der Waals surface area contributed by atoms with Gasteiger partial charge in [0.2, 0.25) is 11.9 Å². The van der Waals surface area contributed by atoms with Crippen LogP contribution in [0.3, 0.4) is 0 Å². The van der Waals surface area contributed by atoms with Crippen molar-refractivity contribution < 1.29 is 4.79 Å². The van der Waals surface area contributed by atoms with Crippen LogP contribution in [0, 0.1) is 0 Å². The summed E-state index contributed by atoms with van der Waals surface area (Å²) >= 11 is 0. The largest absolute Gasteiger partial charge is 0.357 e. The number of anilines is 2. The third kappa shape index (κ3) is 4.10. The van der Waals surface area contributed by atoms with Crippen LogP contribution in [0.5, 0.6) is 0 Å². The number of nitrogens with zero attached hydrogens (tertiary/aromatic N) is 4. The Labute approximate surface area is 180 Å². The molecular formula is C23H25N7O. The number of fused-ring (bicyclic) bond motifs is 1. The molecule has 0 fully saturated rings. The summed E-state index contributed by atoms with van der Waals surface area (Å²) in [5.41, 5.74) is 10.7. The third-order valence-corrected chi connectivity index (χ3v) is 5.23. The van der Waals surface area contributed by atoms with Gasteiger partial charge in [-0.15, -0.1) is 0 Å². The minimum Gasteiger partial charge on any atom is -0.357 e. The van der Waals surface area contributed by atoms with E-state index in [4.69, 9.17) is 5.73 Å². The molecule has 0 aliphatic heterocycles. The van der Waals surface area contributed by atoms with Crippen LogP contribution in [0.15, 0.2) is 54.7 Å². The van der Waals surface area contributed by atoms with Gasteiger partial charge in [0.15, 0.2) is 5.82 Å². The zero-order valence-electron chi connectivity index (χ0n) is 17.8. The molecule has 1 unspecified atom stereocenters. The quantitative estimate of drug-likeness (QED) is 0.446. The summed E-state index contributed by atoms with van der Waals surface area (Å²) in [6, 6.07) is 14.5. The van der Waals surface area contributed by atoms with E-state index in [0.717, 1.165) is 39.7 Å². The molecular weight excluding hydrogens is 390 g/mol. The number of amides is 1. The van der Waals surface area contributed by atoms with E-state index < -0.39 is 6.04 Å². The SMILES string of the molecule is CCc1cc(-c2cc(NC(=O)C(N)c3ccccc3)nn2C)cc2cnc(NC)nc12. The van der Waals surface area contributed by atoms with E-state index in [9.17, 15) is 4.79 Å². The number of rotatable bonds is 6. The van der Waals surface area contributed by atoms with Crippen molar-refractivity contribution in [1.82, 2.24) is 19.7 Å². The van der Waals surface area contributed by atoms with Gasteiger partial charge in [-0.05, 0) is 29.7 Å². The van der Waals surface area contributed by atoms with Crippen LogP contribution in [0.2, 0.25) is 0 Å². The van der Waals surface area contributed by atoms with Gasteiger partial charge in [0.05, 0.1) is 11.2 Å². The number of benzene rings is 2. The highest BCUT2D eigenvalue weighted by molar-refractivity contribution is 5.95. The fourth-order valence-electron chi connectivity index (χ4n) is 3.57. The Bertz CT molecular complexity index is 1230. The van der Waals surface area contributed by atoms with Gasteiger partial charge in [-0.25, -0.2) is 9.97 Å². The predicted molar refractivity (Wildman–Crippen MR) is 123 cm³/mol.